The number of benzene rings is 2. The summed E-state index contributed by atoms with van der Waals surface area (Å²) in [7, 11) is 0. The second-order valence-corrected chi connectivity index (χ2v) is 7.75. The summed E-state index contributed by atoms with van der Waals surface area (Å²) in [5.41, 5.74) is 4.49. The van der Waals surface area contributed by atoms with Crippen LogP contribution in [0.5, 0.6) is 0 Å². The summed E-state index contributed by atoms with van der Waals surface area (Å²) in [5, 5.41) is 2.87. The van der Waals surface area contributed by atoms with Gasteiger partial charge in [0.25, 0.3) is 5.91 Å². The van der Waals surface area contributed by atoms with Crippen LogP contribution >= 0.6 is 0 Å². The second kappa shape index (κ2) is 9.43. The van der Waals surface area contributed by atoms with Gasteiger partial charge in [-0.15, -0.1) is 0 Å². The average Bonchev–Trinajstić information content (AvgIpc) is 2.80. The third-order valence-corrected chi connectivity index (χ3v) is 5.36. The molecule has 4 rings (SSSR count). The van der Waals surface area contributed by atoms with Crippen molar-refractivity contribution in [2.75, 3.05) is 18.0 Å². The Morgan fingerprint density at radius 2 is 1.87 bits per heavy atom. The highest BCUT2D eigenvalue weighted by atomic mass is 16.2. The first kappa shape index (κ1) is 20.6. The number of amides is 3. The lowest BCUT2D eigenvalue weighted by Gasteiger charge is -2.35. The highest BCUT2D eigenvalue weighted by Gasteiger charge is 2.26. The summed E-state index contributed by atoms with van der Waals surface area (Å²) < 4.78 is 0. The van der Waals surface area contributed by atoms with Crippen LogP contribution in [0.25, 0.3) is 0 Å². The summed E-state index contributed by atoms with van der Waals surface area (Å²) in [6, 6.07) is 21.0. The molecule has 1 aliphatic heterocycles. The van der Waals surface area contributed by atoms with Crippen molar-refractivity contribution in [3.8, 4) is 0 Å². The quantitative estimate of drug-likeness (QED) is 0.659. The Hall–Kier alpha value is -3.67. The first-order valence-corrected chi connectivity index (χ1v) is 10.5. The zero-order chi connectivity index (χ0) is 21.6. The maximum absolute atomic E-state index is 13.1. The summed E-state index contributed by atoms with van der Waals surface area (Å²) in [6.45, 7) is 4.46. The van der Waals surface area contributed by atoms with E-state index in [-0.39, 0.29) is 11.9 Å². The van der Waals surface area contributed by atoms with Gasteiger partial charge in [0, 0.05) is 37.1 Å². The predicted molar refractivity (Wildman–Crippen MR) is 121 cm³/mol. The van der Waals surface area contributed by atoms with E-state index in [2.05, 4.69) is 35.4 Å². The Morgan fingerprint density at radius 1 is 1.03 bits per heavy atom. The number of urea groups is 1. The number of aryl methyl sites for hydroxylation is 1. The molecule has 2 heterocycles. The van der Waals surface area contributed by atoms with E-state index in [1.165, 1.54) is 5.56 Å². The lowest BCUT2D eigenvalue weighted by Crippen LogP contribution is -2.49. The van der Waals surface area contributed by atoms with Crippen molar-refractivity contribution >= 4 is 17.6 Å². The molecule has 3 aromatic rings. The molecule has 31 heavy (non-hydrogen) atoms. The molecule has 6 nitrogen and oxygen atoms in total. The van der Waals surface area contributed by atoms with Gasteiger partial charge in [-0.1, -0.05) is 35.9 Å². The van der Waals surface area contributed by atoms with Gasteiger partial charge in [0.05, 0.1) is 12.2 Å². The van der Waals surface area contributed by atoms with Gasteiger partial charge in [-0.05, 0) is 55.3 Å². The van der Waals surface area contributed by atoms with Gasteiger partial charge in [-0.2, -0.15) is 0 Å². The fraction of sp³-hybridized carbons (Fsp3) is 0.240. The lowest BCUT2D eigenvalue weighted by molar-refractivity contribution is 0.0950. The Balaban J connectivity index is 1.39. The van der Waals surface area contributed by atoms with Crippen molar-refractivity contribution in [1.82, 2.24) is 15.2 Å². The van der Waals surface area contributed by atoms with Gasteiger partial charge in [0.1, 0.15) is 0 Å². The fourth-order valence-electron chi connectivity index (χ4n) is 3.77. The maximum Gasteiger partial charge on any atom is 0.324 e. The van der Waals surface area contributed by atoms with E-state index in [0.29, 0.717) is 25.2 Å². The second-order valence-electron chi connectivity index (χ2n) is 7.75. The van der Waals surface area contributed by atoms with Crippen LogP contribution in [0.4, 0.5) is 10.5 Å². The smallest absolute Gasteiger partial charge is 0.324 e. The minimum Gasteiger partial charge on any atom is -0.346 e. The van der Waals surface area contributed by atoms with E-state index in [1.807, 2.05) is 41.3 Å². The van der Waals surface area contributed by atoms with Crippen LogP contribution in [0.2, 0.25) is 0 Å². The molecule has 158 valence electrons. The van der Waals surface area contributed by atoms with Crippen molar-refractivity contribution in [2.24, 2.45) is 0 Å². The molecule has 1 fully saturated rings. The summed E-state index contributed by atoms with van der Waals surface area (Å²) in [6.07, 6.45) is 2.61. The van der Waals surface area contributed by atoms with Gasteiger partial charge < -0.3 is 10.2 Å². The number of nitrogens with one attached hydrogen (secondary N) is 1. The Labute approximate surface area is 182 Å². The summed E-state index contributed by atoms with van der Waals surface area (Å²) >= 11 is 0. The van der Waals surface area contributed by atoms with Crippen molar-refractivity contribution < 1.29 is 9.59 Å². The number of rotatable bonds is 6. The maximum atomic E-state index is 13.1. The van der Waals surface area contributed by atoms with E-state index in [1.54, 1.807) is 23.2 Å². The highest BCUT2D eigenvalue weighted by molar-refractivity contribution is 5.96. The zero-order valence-electron chi connectivity index (χ0n) is 17.6. The third kappa shape index (κ3) is 5.09. The number of carbonyl (C=O) groups is 2. The average molecular weight is 415 g/mol. The predicted octanol–water partition coefficient (Wildman–Crippen LogP) is 4.15. The number of aromatic nitrogens is 1. The molecule has 6 heteroatoms. The molecule has 2 aromatic carbocycles. The van der Waals surface area contributed by atoms with Gasteiger partial charge in [-0.25, -0.2) is 4.79 Å². The molecule has 1 saturated heterocycles. The van der Waals surface area contributed by atoms with E-state index in [0.717, 1.165) is 29.9 Å². The highest BCUT2D eigenvalue weighted by Crippen LogP contribution is 2.22. The van der Waals surface area contributed by atoms with Gasteiger partial charge in [0.15, 0.2) is 0 Å². The van der Waals surface area contributed by atoms with E-state index in [9.17, 15) is 9.59 Å². The molecular weight excluding hydrogens is 388 g/mol. The molecule has 0 unspecified atom stereocenters. The van der Waals surface area contributed by atoms with Gasteiger partial charge >= 0.3 is 6.03 Å². The molecule has 0 saturated carbocycles. The molecule has 0 radical (unpaired) electrons. The fourth-order valence-corrected chi connectivity index (χ4v) is 3.77. The largest absolute Gasteiger partial charge is 0.346 e. The van der Waals surface area contributed by atoms with Crippen molar-refractivity contribution in [3.63, 3.8) is 0 Å². The number of nitrogens with zero attached hydrogens (tertiary/aromatic N) is 3. The number of anilines is 1. The molecule has 1 aliphatic rings. The number of carbonyl (C=O) groups excluding carboxylic acids is 2. The monoisotopic (exact) mass is 414 g/mol. The van der Waals surface area contributed by atoms with Gasteiger partial charge in [-0.3, -0.25) is 14.7 Å². The molecule has 0 atom stereocenters. The molecule has 0 aliphatic carbocycles. The normalized spacial score (nSPS) is 13.9. The topological polar surface area (TPSA) is 65.5 Å². The van der Waals surface area contributed by atoms with Crippen molar-refractivity contribution in [2.45, 2.75) is 26.4 Å². The number of hydrogen-bond acceptors (Lipinski definition) is 3. The van der Waals surface area contributed by atoms with Crippen LogP contribution in [0.15, 0.2) is 72.9 Å². The van der Waals surface area contributed by atoms with Crippen LogP contribution in [0.3, 0.4) is 0 Å². The third-order valence-electron chi connectivity index (χ3n) is 5.36. The van der Waals surface area contributed by atoms with Crippen molar-refractivity contribution in [1.29, 1.82) is 0 Å². The van der Waals surface area contributed by atoms with Crippen molar-refractivity contribution in [3.05, 3.63) is 95.3 Å². The molecule has 1 N–H and O–H groups in total. The SMILES string of the molecule is Cc1cccc(CN2CCCN(c3ccc(C(=O)NCc4ccccn4)cc3)C2=O)c1. The Kier molecular flexibility index (Phi) is 6.26. The number of pyridine rings is 1. The molecule has 0 bridgehead atoms. The van der Waals surface area contributed by atoms with Crippen LogP contribution in [0, 0.1) is 6.92 Å². The molecule has 0 spiro atoms. The minimum atomic E-state index is -0.164. The first-order valence-electron chi connectivity index (χ1n) is 10.5. The molecule has 1 aromatic heterocycles. The van der Waals surface area contributed by atoms with E-state index >= 15 is 0 Å². The minimum absolute atomic E-state index is 0.000102. The van der Waals surface area contributed by atoms with Crippen LogP contribution < -0.4 is 10.2 Å². The van der Waals surface area contributed by atoms with E-state index in [4.69, 9.17) is 0 Å². The zero-order valence-corrected chi connectivity index (χ0v) is 17.6. The van der Waals surface area contributed by atoms with Crippen LogP contribution in [-0.2, 0) is 13.1 Å². The Morgan fingerprint density at radius 3 is 2.61 bits per heavy atom. The summed E-state index contributed by atoms with van der Waals surface area (Å²) in [5.74, 6) is -0.164. The standard InChI is InChI=1S/C25H26N4O2/c1-19-6-4-7-20(16-19)18-28-14-5-15-29(25(28)31)23-11-9-21(10-12-23)24(30)27-17-22-8-2-3-13-26-22/h2-4,6-13,16H,5,14-15,17-18H2,1H3,(H,27,30). The van der Waals surface area contributed by atoms with Crippen LogP contribution in [-0.4, -0.2) is 34.9 Å². The Bertz CT molecular complexity index is 1050. The lowest BCUT2D eigenvalue weighted by atomic mass is 10.1. The van der Waals surface area contributed by atoms with Crippen LogP contribution in [0.1, 0.15) is 33.6 Å². The molecular formula is C25H26N4O2. The van der Waals surface area contributed by atoms with E-state index < -0.39 is 0 Å². The van der Waals surface area contributed by atoms with Gasteiger partial charge in [0.2, 0.25) is 0 Å². The first-order chi connectivity index (χ1) is 15.1. The summed E-state index contributed by atoms with van der Waals surface area (Å²) in [4.78, 5) is 33.4. The number of hydrogen-bond donors (Lipinski definition) is 1. The molecule has 3 amide bonds.